The van der Waals surface area contributed by atoms with Crippen LogP contribution in [0.3, 0.4) is 0 Å². The lowest BCUT2D eigenvalue weighted by molar-refractivity contribution is -0.106. The van der Waals surface area contributed by atoms with Gasteiger partial charge in [-0.1, -0.05) is 30.7 Å². The maximum atomic E-state index is 14.5. The summed E-state index contributed by atoms with van der Waals surface area (Å²) in [5, 5.41) is 12.0. The number of carbonyl (C=O) groups is 2. The normalized spacial score (nSPS) is 17.9. The highest BCUT2D eigenvalue weighted by atomic mass is 35.5. The average molecular weight is 632 g/mol. The number of halogens is 2. The van der Waals surface area contributed by atoms with E-state index in [4.69, 9.17) is 26.1 Å². The Labute approximate surface area is 262 Å². The fourth-order valence-electron chi connectivity index (χ4n) is 6.05. The predicted molar refractivity (Wildman–Crippen MR) is 170 cm³/mol. The van der Waals surface area contributed by atoms with Gasteiger partial charge in [-0.25, -0.2) is 9.37 Å². The van der Waals surface area contributed by atoms with Crippen molar-refractivity contribution in [2.75, 3.05) is 13.2 Å². The number of amides is 2. The minimum absolute atomic E-state index is 0.0641. The lowest BCUT2D eigenvalue weighted by atomic mass is 9.93. The van der Waals surface area contributed by atoms with Crippen molar-refractivity contribution in [2.45, 2.75) is 50.5 Å². The molecule has 3 aliphatic rings. The molecule has 0 spiro atoms. The summed E-state index contributed by atoms with van der Waals surface area (Å²) in [6, 6.07) is 11.4. The monoisotopic (exact) mass is 631 g/mol. The molecule has 8 rings (SSSR count). The highest BCUT2D eigenvalue weighted by molar-refractivity contribution is 7.17. The molecule has 226 valence electrons. The van der Waals surface area contributed by atoms with E-state index >= 15 is 0 Å². The summed E-state index contributed by atoms with van der Waals surface area (Å²) < 4.78 is 23.3. The highest BCUT2D eigenvalue weighted by Crippen LogP contribution is 2.48. The number of carbonyl (C=O) groups excluding carboxylic acids is 2. The molecule has 2 atom stereocenters. The molecule has 0 bridgehead atoms. The molecule has 1 aliphatic heterocycles. The average Bonchev–Trinajstić information content (AvgIpc) is 3.92. The third-order valence-corrected chi connectivity index (χ3v) is 9.95. The molecule has 0 radical (unpaired) electrons. The van der Waals surface area contributed by atoms with Crippen molar-refractivity contribution in [1.29, 1.82) is 0 Å². The summed E-state index contributed by atoms with van der Waals surface area (Å²) in [5.74, 6) is 1.15. The Morgan fingerprint density at radius 2 is 2.07 bits per heavy atom. The lowest BCUT2D eigenvalue weighted by Gasteiger charge is -2.20. The number of nitrogens with zero attached hydrogens (tertiary/aromatic N) is 3. The third kappa shape index (κ3) is 5.30. The standard InChI is InChI=1S/C32H28ClFN4O2S.CH3NO/c1-16-14-40-30-22(16)11-27(36-29(30)24-15-41-31-21(24)3-2-4-26(31)34)23(17-5-6-17)12-35-32(39)18-9-19-13-38(20-7-8-20)37-28(19)25(33)10-18;2-1-3/h2-4,9-11,13,15-17,20,23H,5-8,12,14H2,1H3,(H,35,39);1H,(H2,2,3). The molecule has 2 fully saturated rings. The topological polar surface area (TPSA) is 112 Å². The summed E-state index contributed by atoms with van der Waals surface area (Å²) in [6.07, 6.45) is 6.70. The Morgan fingerprint density at radius 3 is 2.82 bits per heavy atom. The second-order valence-corrected chi connectivity index (χ2v) is 13.1. The van der Waals surface area contributed by atoms with Gasteiger partial charge in [0.15, 0.2) is 0 Å². The van der Waals surface area contributed by atoms with Gasteiger partial charge in [-0.15, -0.1) is 11.3 Å². The number of primary amides is 1. The molecule has 8 nitrogen and oxygen atoms in total. The second kappa shape index (κ2) is 11.5. The number of rotatable bonds is 7. The minimum Gasteiger partial charge on any atom is -0.490 e. The first kappa shape index (κ1) is 28.7. The van der Waals surface area contributed by atoms with E-state index in [0.717, 1.165) is 70.2 Å². The van der Waals surface area contributed by atoms with Crippen LogP contribution in [-0.4, -0.2) is 40.2 Å². The molecule has 5 aromatic rings. The van der Waals surface area contributed by atoms with Crippen LogP contribution in [0.2, 0.25) is 5.02 Å². The van der Waals surface area contributed by atoms with Crippen molar-refractivity contribution in [2.24, 2.45) is 11.7 Å². The molecule has 3 N–H and O–H groups in total. The summed E-state index contributed by atoms with van der Waals surface area (Å²) in [7, 11) is 0. The maximum Gasteiger partial charge on any atom is 0.251 e. The first-order chi connectivity index (χ1) is 21.4. The van der Waals surface area contributed by atoms with Crippen molar-refractivity contribution in [1.82, 2.24) is 20.1 Å². The number of hydrogen-bond donors (Lipinski definition) is 2. The van der Waals surface area contributed by atoms with Crippen LogP contribution in [0.1, 0.15) is 72.1 Å². The molecule has 2 saturated carbocycles. The van der Waals surface area contributed by atoms with Crippen molar-refractivity contribution in [3.05, 3.63) is 75.6 Å². The molecule has 3 aromatic heterocycles. The summed E-state index contributed by atoms with van der Waals surface area (Å²) in [6.45, 7) is 3.22. The number of nitrogens with two attached hydrogens (primary N) is 1. The zero-order valence-electron chi connectivity index (χ0n) is 24.1. The maximum absolute atomic E-state index is 14.5. The Kier molecular flexibility index (Phi) is 7.50. The molecular weight excluding hydrogens is 601 g/mol. The fraction of sp³-hybridized carbons (Fsp3) is 0.333. The van der Waals surface area contributed by atoms with Gasteiger partial charge in [0.25, 0.3) is 5.91 Å². The number of fused-ring (bicyclic) bond motifs is 3. The molecule has 11 heteroatoms. The Bertz CT molecular complexity index is 1910. The van der Waals surface area contributed by atoms with Crippen LogP contribution in [0.25, 0.3) is 32.2 Å². The van der Waals surface area contributed by atoms with Gasteiger partial charge in [0, 0.05) is 63.1 Å². The van der Waals surface area contributed by atoms with Crippen LogP contribution >= 0.6 is 22.9 Å². The van der Waals surface area contributed by atoms with E-state index in [1.165, 1.54) is 17.4 Å². The second-order valence-electron chi connectivity index (χ2n) is 11.8. The largest absolute Gasteiger partial charge is 0.490 e. The third-order valence-electron chi connectivity index (χ3n) is 8.65. The van der Waals surface area contributed by atoms with E-state index in [2.05, 4.69) is 29.1 Å². The molecule has 4 heterocycles. The van der Waals surface area contributed by atoms with Gasteiger partial charge in [0.05, 0.1) is 22.4 Å². The van der Waals surface area contributed by atoms with Crippen LogP contribution in [0.15, 0.2) is 48.0 Å². The van der Waals surface area contributed by atoms with E-state index in [1.807, 2.05) is 28.4 Å². The fourth-order valence-corrected chi connectivity index (χ4v) is 7.28. The Morgan fingerprint density at radius 1 is 1.27 bits per heavy atom. The van der Waals surface area contributed by atoms with Crippen molar-refractivity contribution < 1.29 is 18.7 Å². The number of thiophene rings is 1. The molecule has 44 heavy (non-hydrogen) atoms. The lowest BCUT2D eigenvalue weighted by Crippen LogP contribution is -2.29. The van der Waals surface area contributed by atoms with Crippen LogP contribution < -0.4 is 15.8 Å². The molecular formula is C33H31ClFN5O3S. The van der Waals surface area contributed by atoms with E-state index in [1.54, 1.807) is 12.1 Å². The number of nitrogens with one attached hydrogen (secondary N) is 1. The number of aromatic nitrogens is 3. The quantitative estimate of drug-likeness (QED) is 0.189. The first-order valence-corrected chi connectivity index (χ1v) is 16.1. The molecule has 2 amide bonds. The van der Waals surface area contributed by atoms with Gasteiger partial charge in [0.2, 0.25) is 6.41 Å². The van der Waals surface area contributed by atoms with Crippen LogP contribution in [-0.2, 0) is 4.79 Å². The number of ether oxygens (including phenoxy) is 1. The zero-order valence-corrected chi connectivity index (χ0v) is 25.6. The minimum atomic E-state index is -0.224. The highest BCUT2D eigenvalue weighted by Gasteiger charge is 2.36. The Hall–Kier alpha value is -4.02. The summed E-state index contributed by atoms with van der Waals surface area (Å²) in [5.41, 5.74) is 9.17. The van der Waals surface area contributed by atoms with E-state index < -0.39 is 0 Å². The SMILES string of the molecule is CC1COc2c1cc(C(CNC(=O)c1cc(Cl)c3nn(C4CC4)cc3c1)C1CC1)nc2-c1csc2c(F)cccc12.NC=O. The zero-order chi connectivity index (χ0) is 30.5. The first-order valence-electron chi connectivity index (χ1n) is 14.8. The molecule has 2 aliphatic carbocycles. The predicted octanol–water partition coefficient (Wildman–Crippen LogP) is 6.96. The van der Waals surface area contributed by atoms with E-state index in [9.17, 15) is 9.18 Å². The van der Waals surface area contributed by atoms with Crippen molar-refractivity contribution in [3.63, 3.8) is 0 Å². The van der Waals surface area contributed by atoms with E-state index in [0.29, 0.717) is 40.4 Å². The smallest absolute Gasteiger partial charge is 0.251 e. The number of hydrogen-bond acceptors (Lipinski definition) is 6. The van der Waals surface area contributed by atoms with Gasteiger partial charge in [-0.3, -0.25) is 14.3 Å². The van der Waals surface area contributed by atoms with E-state index in [-0.39, 0.29) is 30.0 Å². The summed E-state index contributed by atoms with van der Waals surface area (Å²) >= 11 is 7.94. The van der Waals surface area contributed by atoms with Crippen molar-refractivity contribution in [3.8, 4) is 17.0 Å². The van der Waals surface area contributed by atoms with Gasteiger partial charge in [-0.2, -0.15) is 5.10 Å². The Balaban J connectivity index is 0.00000100. The molecule has 2 aromatic carbocycles. The van der Waals surface area contributed by atoms with Gasteiger partial charge in [-0.05, 0) is 55.9 Å². The molecule has 0 saturated heterocycles. The van der Waals surface area contributed by atoms with Crippen LogP contribution in [0.4, 0.5) is 4.39 Å². The van der Waals surface area contributed by atoms with Crippen molar-refractivity contribution >= 4 is 56.2 Å². The summed E-state index contributed by atoms with van der Waals surface area (Å²) in [4.78, 5) is 27.1. The van der Waals surface area contributed by atoms with Gasteiger partial charge >= 0.3 is 0 Å². The van der Waals surface area contributed by atoms with Crippen LogP contribution in [0, 0.1) is 11.7 Å². The van der Waals surface area contributed by atoms with Gasteiger partial charge in [0.1, 0.15) is 22.8 Å². The molecule has 2 unspecified atom stereocenters. The van der Waals surface area contributed by atoms with Crippen LogP contribution in [0.5, 0.6) is 5.75 Å². The number of benzene rings is 2. The van der Waals surface area contributed by atoms with Gasteiger partial charge < -0.3 is 15.8 Å². The number of pyridine rings is 1.